The molecule has 0 spiro atoms. The molecule has 0 unspecified atom stereocenters. The van der Waals surface area contributed by atoms with E-state index in [1.54, 1.807) is 24.3 Å². The molecule has 6 heteroatoms. The highest BCUT2D eigenvalue weighted by Crippen LogP contribution is 2.21. The zero-order valence-corrected chi connectivity index (χ0v) is 16.0. The van der Waals surface area contributed by atoms with Gasteiger partial charge >= 0.3 is 5.97 Å². The molecule has 142 valence electrons. The van der Waals surface area contributed by atoms with E-state index >= 15 is 0 Å². The van der Waals surface area contributed by atoms with E-state index in [2.05, 4.69) is 10.6 Å². The van der Waals surface area contributed by atoms with Gasteiger partial charge in [0.2, 0.25) is 5.91 Å². The molecular weight excluding hydrogens is 344 g/mol. The van der Waals surface area contributed by atoms with Gasteiger partial charge in [-0.3, -0.25) is 14.4 Å². The normalized spacial score (nSPS) is 10.8. The first-order chi connectivity index (χ1) is 12.7. The van der Waals surface area contributed by atoms with E-state index in [1.165, 1.54) is 13.0 Å². The quantitative estimate of drug-likeness (QED) is 0.625. The lowest BCUT2D eigenvalue weighted by atomic mass is 9.95. The Morgan fingerprint density at radius 2 is 1.70 bits per heavy atom. The Kier molecular flexibility index (Phi) is 6.34. The lowest BCUT2D eigenvalue weighted by molar-refractivity contribution is -0.131. The standard InChI is InChI=1S/C21H24N2O4/c1-14(24)27-17-10-7-9-15(12-17)19(25)22-13-16-8-5-6-11-18(16)23-20(26)21(2,3)4/h5-12H,13H2,1-4H3,(H,22,25)(H,23,26). The summed E-state index contributed by atoms with van der Waals surface area (Å²) < 4.78 is 5.00. The molecule has 0 bridgehead atoms. The van der Waals surface area contributed by atoms with E-state index in [0.29, 0.717) is 17.0 Å². The van der Waals surface area contributed by atoms with Gasteiger partial charge in [-0.05, 0) is 29.8 Å². The first-order valence-corrected chi connectivity index (χ1v) is 8.63. The van der Waals surface area contributed by atoms with E-state index in [1.807, 2.05) is 39.0 Å². The van der Waals surface area contributed by atoms with Crippen molar-refractivity contribution in [1.29, 1.82) is 0 Å². The number of carbonyl (C=O) groups is 3. The largest absolute Gasteiger partial charge is 0.427 e. The predicted molar refractivity (Wildman–Crippen MR) is 103 cm³/mol. The second-order valence-electron chi connectivity index (χ2n) is 7.17. The molecule has 0 aliphatic carbocycles. The SMILES string of the molecule is CC(=O)Oc1cccc(C(=O)NCc2ccccc2NC(=O)C(C)(C)C)c1. The van der Waals surface area contributed by atoms with Crippen molar-refractivity contribution in [2.45, 2.75) is 34.2 Å². The summed E-state index contributed by atoms with van der Waals surface area (Å²) in [6.07, 6.45) is 0. The molecule has 27 heavy (non-hydrogen) atoms. The van der Waals surface area contributed by atoms with E-state index < -0.39 is 11.4 Å². The van der Waals surface area contributed by atoms with Crippen LogP contribution in [-0.4, -0.2) is 17.8 Å². The number of para-hydroxylation sites is 1. The third-order valence-electron chi connectivity index (χ3n) is 3.74. The number of esters is 1. The second-order valence-corrected chi connectivity index (χ2v) is 7.17. The zero-order chi connectivity index (χ0) is 20.0. The fourth-order valence-corrected chi connectivity index (χ4v) is 2.25. The third kappa shape index (κ3) is 5.95. The number of hydrogen-bond acceptors (Lipinski definition) is 4. The third-order valence-corrected chi connectivity index (χ3v) is 3.74. The van der Waals surface area contributed by atoms with Crippen LogP contribution in [0.25, 0.3) is 0 Å². The molecule has 0 radical (unpaired) electrons. The Hall–Kier alpha value is -3.15. The summed E-state index contributed by atoms with van der Waals surface area (Å²) in [5, 5.41) is 5.71. The topological polar surface area (TPSA) is 84.5 Å². The minimum Gasteiger partial charge on any atom is -0.427 e. The molecule has 0 atom stereocenters. The van der Waals surface area contributed by atoms with Gasteiger partial charge in [-0.2, -0.15) is 0 Å². The number of nitrogens with one attached hydrogen (secondary N) is 2. The van der Waals surface area contributed by atoms with Crippen LogP contribution >= 0.6 is 0 Å². The highest BCUT2D eigenvalue weighted by molar-refractivity contribution is 5.96. The van der Waals surface area contributed by atoms with Gasteiger partial charge in [0.05, 0.1) is 0 Å². The molecule has 0 fully saturated rings. The molecule has 0 aliphatic heterocycles. The zero-order valence-electron chi connectivity index (χ0n) is 16.0. The molecule has 2 aromatic carbocycles. The first-order valence-electron chi connectivity index (χ1n) is 8.63. The van der Waals surface area contributed by atoms with Crippen LogP contribution in [0.1, 0.15) is 43.6 Å². The van der Waals surface area contributed by atoms with Gasteiger partial charge in [0.1, 0.15) is 5.75 Å². The molecule has 0 aromatic heterocycles. The molecular formula is C21H24N2O4. The number of anilines is 1. The summed E-state index contributed by atoms with van der Waals surface area (Å²) in [5.41, 5.74) is 1.31. The Morgan fingerprint density at radius 1 is 1.00 bits per heavy atom. The van der Waals surface area contributed by atoms with Crippen molar-refractivity contribution >= 4 is 23.5 Å². The number of rotatable bonds is 5. The number of benzene rings is 2. The fraction of sp³-hybridized carbons (Fsp3) is 0.286. The van der Waals surface area contributed by atoms with Gasteiger partial charge < -0.3 is 15.4 Å². The Bertz CT molecular complexity index is 853. The van der Waals surface area contributed by atoms with E-state index in [9.17, 15) is 14.4 Å². The van der Waals surface area contributed by atoms with Crippen LogP contribution in [0.15, 0.2) is 48.5 Å². The molecule has 0 aliphatic rings. The fourth-order valence-electron chi connectivity index (χ4n) is 2.25. The number of amides is 2. The monoisotopic (exact) mass is 368 g/mol. The molecule has 2 aromatic rings. The van der Waals surface area contributed by atoms with Crippen LogP contribution in [0.5, 0.6) is 5.75 Å². The molecule has 0 saturated carbocycles. The van der Waals surface area contributed by atoms with Crippen molar-refractivity contribution in [1.82, 2.24) is 5.32 Å². The van der Waals surface area contributed by atoms with Crippen molar-refractivity contribution in [3.8, 4) is 5.75 Å². The summed E-state index contributed by atoms with van der Waals surface area (Å²) in [6, 6.07) is 13.7. The number of ether oxygens (including phenoxy) is 1. The van der Waals surface area contributed by atoms with Crippen molar-refractivity contribution in [2.24, 2.45) is 5.41 Å². The maximum absolute atomic E-state index is 12.4. The van der Waals surface area contributed by atoms with Crippen LogP contribution < -0.4 is 15.4 Å². The van der Waals surface area contributed by atoms with Crippen LogP contribution in [-0.2, 0) is 16.1 Å². The summed E-state index contributed by atoms with van der Waals surface area (Å²) >= 11 is 0. The van der Waals surface area contributed by atoms with Gasteiger partial charge in [-0.25, -0.2) is 0 Å². The second kappa shape index (κ2) is 8.49. The summed E-state index contributed by atoms with van der Waals surface area (Å²) in [7, 11) is 0. The van der Waals surface area contributed by atoms with Gasteiger partial charge in [0.15, 0.2) is 0 Å². The minimum absolute atomic E-state index is 0.102. The summed E-state index contributed by atoms with van der Waals surface area (Å²) in [6.45, 7) is 7.06. The molecule has 2 N–H and O–H groups in total. The van der Waals surface area contributed by atoms with E-state index in [-0.39, 0.29) is 18.4 Å². The molecule has 0 heterocycles. The molecule has 0 saturated heterocycles. The average Bonchev–Trinajstić information content (AvgIpc) is 2.59. The highest BCUT2D eigenvalue weighted by atomic mass is 16.5. The summed E-state index contributed by atoms with van der Waals surface area (Å²) in [5.74, 6) is -0.541. The molecule has 2 rings (SSSR count). The van der Waals surface area contributed by atoms with Crippen LogP contribution in [0.3, 0.4) is 0 Å². The smallest absolute Gasteiger partial charge is 0.308 e. The molecule has 2 amide bonds. The predicted octanol–water partition coefficient (Wildman–Crippen LogP) is 3.53. The van der Waals surface area contributed by atoms with Gasteiger partial charge in [-0.15, -0.1) is 0 Å². The maximum Gasteiger partial charge on any atom is 0.308 e. The van der Waals surface area contributed by atoms with Gasteiger partial charge in [0.25, 0.3) is 5.91 Å². The lowest BCUT2D eigenvalue weighted by Crippen LogP contribution is -2.29. The number of carbonyl (C=O) groups excluding carboxylic acids is 3. The minimum atomic E-state index is -0.520. The van der Waals surface area contributed by atoms with Gasteiger partial charge in [0, 0.05) is 30.1 Å². The van der Waals surface area contributed by atoms with Crippen molar-refractivity contribution in [3.63, 3.8) is 0 Å². The highest BCUT2D eigenvalue weighted by Gasteiger charge is 2.22. The van der Waals surface area contributed by atoms with Crippen LogP contribution in [0.4, 0.5) is 5.69 Å². The first kappa shape index (κ1) is 20.2. The Labute approximate surface area is 158 Å². The average molecular weight is 368 g/mol. The van der Waals surface area contributed by atoms with Crippen molar-refractivity contribution in [2.75, 3.05) is 5.32 Å². The van der Waals surface area contributed by atoms with Gasteiger partial charge in [-0.1, -0.05) is 45.0 Å². The van der Waals surface area contributed by atoms with Crippen molar-refractivity contribution in [3.05, 3.63) is 59.7 Å². The lowest BCUT2D eigenvalue weighted by Gasteiger charge is -2.19. The Balaban J connectivity index is 2.07. The summed E-state index contributed by atoms with van der Waals surface area (Å²) in [4.78, 5) is 35.7. The number of hydrogen-bond donors (Lipinski definition) is 2. The van der Waals surface area contributed by atoms with E-state index in [0.717, 1.165) is 5.56 Å². The van der Waals surface area contributed by atoms with E-state index in [4.69, 9.17) is 4.74 Å². The Morgan fingerprint density at radius 3 is 2.37 bits per heavy atom. The maximum atomic E-state index is 12.4. The van der Waals surface area contributed by atoms with Crippen LogP contribution in [0.2, 0.25) is 0 Å². The van der Waals surface area contributed by atoms with Crippen molar-refractivity contribution < 1.29 is 19.1 Å². The molecule has 6 nitrogen and oxygen atoms in total. The van der Waals surface area contributed by atoms with Crippen LogP contribution in [0, 0.1) is 5.41 Å².